The molecule has 19 heavy (non-hydrogen) atoms. The third-order valence-corrected chi connectivity index (χ3v) is 4.06. The summed E-state index contributed by atoms with van der Waals surface area (Å²) in [7, 11) is 0. The molecule has 1 heterocycles. The van der Waals surface area contributed by atoms with Gasteiger partial charge in [0.25, 0.3) is 5.91 Å². The molecule has 4 nitrogen and oxygen atoms in total. The van der Waals surface area contributed by atoms with Crippen LogP contribution in [0.15, 0.2) is 18.2 Å². The number of halogens is 1. The average Bonchev–Trinajstić information content (AvgIpc) is 2.92. The van der Waals surface area contributed by atoms with E-state index in [0.717, 1.165) is 36.0 Å². The zero-order chi connectivity index (χ0) is 13.8. The normalized spacial score (nSPS) is 18.5. The van der Waals surface area contributed by atoms with Gasteiger partial charge in [-0.2, -0.15) is 0 Å². The van der Waals surface area contributed by atoms with E-state index in [-0.39, 0.29) is 17.7 Å². The van der Waals surface area contributed by atoms with Crippen molar-refractivity contribution in [1.82, 2.24) is 10.2 Å². The molecule has 2 N–H and O–H groups in total. The predicted octanol–water partition coefficient (Wildman–Crippen LogP) is 2.21. The highest BCUT2D eigenvalue weighted by molar-refractivity contribution is 14.1. The van der Waals surface area contributed by atoms with Gasteiger partial charge in [-0.1, -0.05) is 6.92 Å². The van der Waals surface area contributed by atoms with Gasteiger partial charge in [0.1, 0.15) is 5.75 Å². The van der Waals surface area contributed by atoms with Crippen LogP contribution >= 0.6 is 22.6 Å². The van der Waals surface area contributed by atoms with Gasteiger partial charge in [0.15, 0.2) is 0 Å². The van der Waals surface area contributed by atoms with Gasteiger partial charge in [-0.25, -0.2) is 0 Å². The number of amides is 1. The van der Waals surface area contributed by atoms with Crippen LogP contribution in [0.3, 0.4) is 0 Å². The lowest BCUT2D eigenvalue weighted by atomic mass is 10.1. The molecule has 0 saturated carbocycles. The average molecular weight is 374 g/mol. The van der Waals surface area contributed by atoms with Crippen LogP contribution in [0.2, 0.25) is 0 Å². The van der Waals surface area contributed by atoms with Gasteiger partial charge in [0, 0.05) is 22.7 Å². The van der Waals surface area contributed by atoms with Crippen LogP contribution in [0, 0.1) is 3.57 Å². The third-order valence-electron chi connectivity index (χ3n) is 3.39. The Hall–Kier alpha value is -0.820. The standard InChI is InChI=1S/C14H19IN2O2/c1-2-7-17(11-5-6-16-9-11)14(19)12-8-10(15)3-4-13(12)18/h3-4,8,11,16,18H,2,5-7,9H2,1H3. The van der Waals surface area contributed by atoms with Crippen LogP contribution < -0.4 is 5.32 Å². The highest BCUT2D eigenvalue weighted by atomic mass is 127. The zero-order valence-electron chi connectivity index (χ0n) is 11.0. The van der Waals surface area contributed by atoms with Crippen LogP contribution in [-0.2, 0) is 0 Å². The van der Waals surface area contributed by atoms with Crippen molar-refractivity contribution in [2.75, 3.05) is 19.6 Å². The molecular formula is C14H19IN2O2. The molecule has 1 aliphatic rings. The Balaban J connectivity index is 2.25. The molecule has 1 atom stereocenters. The third kappa shape index (κ3) is 3.39. The summed E-state index contributed by atoms with van der Waals surface area (Å²) in [5, 5.41) is 13.2. The molecule has 104 valence electrons. The minimum absolute atomic E-state index is 0.0634. The van der Waals surface area contributed by atoms with Gasteiger partial charge >= 0.3 is 0 Å². The van der Waals surface area contributed by atoms with Crippen molar-refractivity contribution >= 4 is 28.5 Å². The summed E-state index contributed by atoms with van der Waals surface area (Å²) >= 11 is 2.15. The van der Waals surface area contributed by atoms with Gasteiger partial charge < -0.3 is 15.3 Å². The number of rotatable bonds is 4. The number of nitrogens with zero attached hydrogens (tertiary/aromatic N) is 1. The molecule has 1 fully saturated rings. The number of aromatic hydroxyl groups is 1. The summed E-state index contributed by atoms with van der Waals surface area (Å²) < 4.78 is 0.958. The molecule has 1 amide bonds. The van der Waals surface area contributed by atoms with E-state index in [1.807, 2.05) is 4.90 Å². The van der Waals surface area contributed by atoms with E-state index in [1.54, 1.807) is 18.2 Å². The Morgan fingerprint density at radius 3 is 3.00 bits per heavy atom. The number of carbonyl (C=O) groups is 1. The second-order valence-corrected chi connectivity index (χ2v) is 6.05. The maximum atomic E-state index is 12.6. The van der Waals surface area contributed by atoms with Crippen LogP contribution in [0.25, 0.3) is 0 Å². The van der Waals surface area contributed by atoms with Gasteiger partial charge in [0.05, 0.1) is 5.56 Å². The van der Waals surface area contributed by atoms with E-state index in [0.29, 0.717) is 5.56 Å². The van der Waals surface area contributed by atoms with Gasteiger partial charge in [0.2, 0.25) is 0 Å². The molecule has 0 aromatic heterocycles. The van der Waals surface area contributed by atoms with E-state index < -0.39 is 0 Å². The molecule has 2 rings (SSSR count). The van der Waals surface area contributed by atoms with Crippen molar-refractivity contribution in [2.24, 2.45) is 0 Å². The van der Waals surface area contributed by atoms with Crippen LogP contribution in [-0.4, -0.2) is 41.6 Å². The summed E-state index contributed by atoms with van der Waals surface area (Å²) in [6, 6.07) is 5.38. The fourth-order valence-corrected chi connectivity index (χ4v) is 2.92. The fourth-order valence-electron chi connectivity index (χ4n) is 2.43. The lowest BCUT2D eigenvalue weighted by molar-refractivity contribution is 0.0689. The highest BCUT2D eigenvalue weighted by Gasteiger charge is 2.28. The Bertz CT molecular complexity index is 459. The number of benzene rings is 1. The number of phenols is 1. The topological polar surface area (TPSA) is 52.6 Å². The van der Waals surface area contributed by atoms with Crippen molar-refractivity contribution in [1.29, 1.82) is 0 Å². The lowest BCUT2D eigenvalue weighted by Gasteiger charge is -2.28. The minimum atomic E-state index is -0.0634. The van der Waals surface area contributed by atoms with E-state index in [2.05, 4.69) is 34.8 Å². The van der Waals surface area contributed by atoms with Crippen molar-refractivity contribution in [3.63, 3.8) is 0 Å². The van der Waals surface area contributed by atoms with Gasteiger partial charge in [-0.3, -0.25) is 4.79 Å². The first kappa shape index (κ1) is 14.6. The van der Waals surface area contributed by atoms with E-state index >= 15 is 0 Å². The predicted molar refractivity (Wildman–Crippen MR) is 83.4 cm³/mol. The van der Waals surface area contributed by atoms with Crippen LogP contribution in [0.4, 0.5) is 0 Å². The molecule has 1 saturated heterocycles. The molecule has 0 bridgehead atoms. The number of nitrogens with one attached hydrogen (secondary N) is 1. The molecule has 1 aromatic carbocycles. The summed E-state index contributed by atoms with van der Waals surface area (Å²) in [5.41, 5.74) is 0.409. The van der Waals surface area contributed by atoms with Crippen molar-refractivity contribution in [3.8, 4) is 5.75 Å². The fraction of sp³-hybridized carbons (Fsp3) is 0.500. The minimum Gasteiger partial charge on any atom is -0.507 e. The maximum Gasteiger partial charge on any atom is 0.257 e. The monoisotopic (exact) mass is 374 g/mol. The molecule has 1 unspecified atom stereocenters. The summed E-state index contributed by atoms with van der Waals surface area (Å²) in [6.07, 6.45) is 1.91. The quantitative estimate of drug-likeness (QED) is 0.795. The number of hydrogen-bond donors (Lipinski definition) is 2. The van der Waals surface area contributed by atoms with Crippen molar-refractivity contribution < 1.29 is 9.90 Å². The zero-order valence-corrected chi connectivity index (χ0v) is 13.2. The van der Waals surface area contributed by atoms with Gasteiger partial charge in [-0.15, -0.1) is 0 Å². The van der Waals surface area contributed by atoms with Crippen molar-refractivity contribution in [2.45, 2.75) is 25.8 Å². The number of hydrogen-bond acceptors (Lipinski definition) is 3. The van der Waals surface area contributed by atoms with E-state index in [9.17, 15) is 9.90 Å². The Morgan fingerprint density at radius 2 is 2.37 bits per heavy atom. The maximum absolute atomic E-state index is 12.6. The van der Waals surface area contributed by atoms with E-state index in [4.69, 9.17) is 0 Å². The first-order valence-corrected chi connectivity index (χ1v) is 7.71. The summed E-state index contributed by atoms with van der Waals surface area (Å²) in [4.78, 5) is 14.5. The molecule has 1 aromatic rings. The Labute approximate surface area is 127 Å². The molecule has 1 aliphatic heterocycles. The molecule has 5 heteroatoms. The smallest absolute Gasteiger partial charge is 0.257 e. The van der Waals surface area contributed by atoms with Gasteiger partial charge in [-0.05, 0) is 60.2 Å². The molecular weight excluding hydrogens is 355 g/mol. The number of carbonyl (C=O) groups excluding carboxylic acids is 1. The number of phenolic OH excluding ortho intramolecular Hbond substituents is 1. The summed E-state index contributed by atoms with van der Waals surface area (Å²) in [5.74, 6) is 0.00374. The Kier molecular flexibility index (Phi) is 5.04. The van der Waals surface area contributed by atoms with E-state index in [1.165, 1.54) is 0 Å². The highest BCUT2D eigenvalue weighted by Crippen LogP contribution is 2.23. The lowest BCUT2D eigenvalue weighted by Crippen LogP contribution is -2.42. The molecule has 0 radical (unpaired) electrons. The second kappa shape index (κ2) is 6.56. The van der Waals surface area contributed by atoms with Crippen LogP contribution in [0.1, 0.15) is 30.1 Å². The van der Waals surface area contributed by atoms with Crippen LogP contribution in [0.5, 0.6) is 5.75 Å². The second-order valence-electron chi connectivity index (χ2n) is 4.81. The molecule has 0 aliphatic carbocycles. The first-order chi connectivity index (χ1) is 9.13. The largest absolute Gasteiger partial charge is 0.507 e. The summed E-state index contributed by atoms with van der Waals surface area (Å²) in [6.45, 7) is 4.60. The van der Waals surface area contributed by atoms with Crippen molar-refractivity contribution in [3.05, 3.63) is 27.3 Å². The molecule has 0 spiro atoms. The first-order valence-electron chi connectivity index (χ1n) is 6.63. The Morgan fingerprint density at radius 1 is 1.58 bits per heavy atom. The SMILES string of the molecule is CCCN(C(=O)c1cc(I)ccc1O)C1CCNC1.